The van der Waals surface area contributed by atoms with Gasteiger partial charge in [0.2, 0.25) is 0 Å². The largest absolute Gasteiger partial charge is 0.388 e. The van der Waals surface area contributed by atoms with E-state index in [1.54, 1.807) is 6.07 Å². The van der Waals surface area contributed by atoms with Gasteiger partial charge in [-0.3, -0.25) is 0 Å². The normalized spacial score (nSPS) is 24.1. The molecule has 2 N–H and O–H groups in total. The summed E-state index contributed by atoms with van der Waals surface area (Å²) in [5.74, 6) is -0.172. The van der Waals surface area contributed by atoms with Crippen LogP contribution in [0, 0.1) is 5.82 Å². The van der Waals surface area contributed by atoms with Crippen molar-refractivity contribution >= 4 is 5.69 Å². The maximum absolute atomic E-state index is 14.3. The van der Waals surface area contributed by atoms with E-state index in [-0.39, 0.29) is 11.9 Å². The summed E-state index contributed by atoms with van der Waals surface area (Å²) in [6, 6.07) is 5.20. The molecule has 2 unspecified atom stereocenters. The van der Waals surface area contributed by atoms with Crippen LogP contribution in [0.1, 0.15) is 51.6 Å². The van der Waals surface area contributed by atoms with Gasteiger partial charge in [0.1, 0.15) is 5.82 Å². The first kappa shape index (κ1) is 16.2. The molecular formula is C17H27FN2O. The minimum atomic E-state index is -0.693. The number of anilines is 1. The first-order valence-electron chi connectivity index (χ1n) is 7.94. The van der Waals surface area contributed by atoms with Crippen molar-refractivity contribution in [2.75, 3.05) is 24.5 Å². The van der Waals surface area contributed by atoms with Crippen LogP contribution < -0.4 is 10.2 Å². The lowest BCUT2D eigenvalue weighted by molar-refractivity contribution is 0.0448. The number of nitrogens with one attached hydrogen (secondary N) is 1. The van der Waals surface area contributed by atoms with Crippen LogP contribution in [0.3, 0.4) is 0 Å². The summed E-state index contributed by atoms with van der Waals surface area (Å²) < 4.78 is 14.3. The summed E-state index contributed by atoms with van der Waals surface area (Å²) in [7, 11) is 0. The Morgan fingerprint density at radius 1 is 1.48 bits per heavy atom. The van der Waals surface area contributed by atoms with Gasteiger partial charge in [-0.1, -0.05) is 13.0 Å². The van der Waals surface area contributed by atoms with Gasteiger partial charge in [-0.05, 0) is 51.8 Å². The van der Waals surface area contributed by atoms with E-state index in [9.17, 15) is 9.50 Å². The Morgan fingerprint density at radius 3 is 2.90 bits per heavy atom. The Morgan fingerprint density at radius 2 is 2.24 bits per heavy atom. The minimum Gasteiger partial charge on any atom is -0.388 e. The number of aliphatic hydroxyl groups is 1. The first-order chi connectivity index (χ1) is 9.94. The molecule has 21 heavy (non-hydrogen) atoms. The summed E-state index contributed by atoms with van der Waals surface area (Å²) in [5, 5.41) is 13.7. The summed E-state index contributed by atoms with van der Waals surface area (Å²) in [6.07, 6.45) is 2.75. The molecule has 0 saturated carbocycles. The van der Waals surface area contributed by atoms with E-state index in [2.05, 4.69) is 17.1 Å². The van der Waals surface area contributed by atoms with Crippen LogP contribution in [0.4, 0.5) is 10.1 Å². The molecule has 1 saturated heterocycles. The van der Waals surface area contributed by atoms with Crippen molar-refractivity contribution in [1.29, 1.82) is 0 Å². The molecule has 0 aromatic heterocycles. The Kier molecular flexibility index (Phi) is 5.22. The van der Waals surface area contributed by atoms with Gasteiger partial charge in [0.05, 0.1) is 5.60 Å². The predicted molar refractivity (Wildman–Crippen MR) is 85.2 cm³/mol. The Balaban J connectivity index is 2.28. The van der Waals surface area contributed by atoms with E-state index in [1.165, 1.54) is 6.07 Å². The van der Waals surface area contributed by atoms with Crippen molar-refractivity contribution in [3.8, 4) is 0 Å². The first-order valence-corrected chi connectivity index (χ1v) is 7.94. The quantitative estimate of drug-likeness (QED) is 0.875. The number of nitrogens with zero attached hydrogens (tertiary/aromatic N) is 1. The number of rotatable bonds is 5. The zero-order chi connectivity index (χ0) is 15.5. The fourth-order valence-electron chi connectivity index (χ4n) is 3.12. The summed E-state index contributed by atoms with van der Waals surface area (Å²) in [5.41, 5.74) is 0.928. The third-order valence-electron chi connectivity index (χ3n) is 4.18. The minimum absolute atomic E-state index is 0.0342. The van der Waals surface area contributed by atoms with Crippen LogP contribution in [0.2, 0.25) is 0 Å². The lowest BCUT2D eigenvalue weighted by Crippen LogP contribution is -2.46. The average molecular weight is 294 g/mol. The third kappa shape index (κ3) is 3.95. The monoisotopic (exact) mass is 294 g/mol. The van der Waals surface area contributed by atoms with Gasteiger partial charge in [-0.2, -0.15) is 0 Å². The van der Waals surface area contributed by atoms with Crippen molar-refractivity contribution in [3.05, 3.63) is 29.6 Å². The SMILES string of the molecule is CCCNC(C)c1c(F)cccc1N1CCCC(C)(O)C1. The Bertz CT molecular complexity index is 476. The number of β-amino-alcohol motifs (C(OH)–C–C–N with tert-alkyl or cyclic N) is 1. The second kappa shape index (κ2) is 6.75. The molecule has 0 radical (unpaired) electrons. The topological polar surface area (TPSA) is 35.5 Å². The molecule has 2 atom stereocenters. The van der Waals surface area contributed by atoms with Crippen molar-refractivity contribution in [1.82, 2.24) is 5.32 Å². The molecule has 0 aliphatic carbocycles. The Labute approximate surface area is 127 Å². The van der Waals surface area contributed by atoms with Gasteiger partial charge < -0.3 is 15.3 Å². The highest BCUT2D eigenvalue weighted by Gasteiger charge is 2.30. The van der Waals surface area contributed by atoms with Gasteiger partial charge in [-0.15, -0.1) is 0 Å². The van der Waals surface area contributed by atoms with Crippen LogP contribution in [0.15, 0.2) is 18.2 Å². The molecule has 1 aromatic rings. The molecule has 2 rings (SSSR count). The molecule has 1 heterocycles. The lowest BCUT2D eigenvalue weighted by Gasteiger charge is -2.39. The summed E-state index contributed by atoms with van der Waals surface area (Å²) in [6.45, 7) is 8.25. The van der Waals surface area contributed by atoms with Gasteiger partial charge in [0, 0.05) is 30.4 Å². The average Bonchev–Trinajstić information content (AvgIpc) is 2.43. The van der Waals surface area contributed by atoms with E-state index >= 15 is 0 Å². The highest BCUT2D eigenvalue weighted by atomic mass is 19.1. The molecule has 1 aromatic carbocycles. The van der Waals surface area contributed by atoms with Gasteiger partial charge in [0.15, 0.2) is 0 Å². The maximum atomic E-state index is 14.3. The number of halogens is 1. The van der Waals surface area contributed by atoms with Crippen molar-refractivity contribution < 1.29 is 9.50 Å². The standard InChI is InChI=1S/C17H27FN2O/c1-4-10-19-13(2)16-14(18)7-5-8-15(16)20-11-6-9-17(3,21)12-20/h5,7-8,13,19,21H,4,6,9-12H2,1-3H3. The van der Waals surface area contributed by atoms with Crippen LogP contribution >= 0.6 is 0 Å². The van der Waals surface area contributed by atoms with Crippen LogP contribution in [-0.4, -0.2) is 30.3 Å². The summed E-state index contributed by atoms with van der Waals surface area (Å²) in [4.78, 5) is 2.12. The lowest BCUT2D eigenvalue weighted by atomic mass is 9.93. The smallest absolute Gasteiger partial charge is 0.130 e. The number of benzene rings is 1. The molecule has 4 heteroatoms. The van der Waals surface area contributed by atoms with Gasteiger partial charge in [0.25, 0.3) is 0 Å². The van der Waals surface area contributed by atoms with Crippen molar-refractivity contribution in [3.63, 3.8) is 0 Å². The third-order valence-corrected chi connectivity index (χ3v) is 4.18. The van der Waals surface area contributed by atoms with E-state index in [1.807, 2.05) is 19.9 Å². The van der Waals surface area contributed by atoms with Gasteiger partial charge in [-0.25, -0.2) is 4.39 Å². The molecule has 0 bridgehead atoms. The molecule has 1 fully saturated rings. The molecule has 1 aliphatic heterocycles. The van der Waals surface area contributed by atoms with Crippen LogP contribution in [0.25, 0.3) is 0 Å². The second-order valence-corrected chi connectivity index (χ2v) is 6.37. The molecule has 0 spiro atoms. The van der Waals surface area contributed by atoms with E-state index < -0.39 is 5.60 Å². The van der Waals surface area contributed by atoms with Crippen molar-refractivity contribution in [2.24, 2.45) is 0 Å². The highest BCUT2D eigenvalue weighted by Crippen LogP contribution is 2.33. The molecular weight excluding hydrogens is 267 g/mol. The zero-order valence-electron chi connectivity index (χ0n) is 13.3. The van der Waals surface area contributed by atoms with Crippen LogP contribution in [-0.2, 0) is 0 Å². The predicted octanol–water partition coefficient (Wildman–Crippen LogP) is 3.24. The van der Waals surface area contributed by atoms with Crippen LogP contribution in [0.5, 0.6) is 0 Å². The number of piperidine rings is 1. The maximum Gasteiger partial charge on any atom is 0.130 e. The second-order valence-electron chi connectivity index (χ2n) is 6.37. The number of hydrogen-bond donors (Lipinski definition) is 2. The number of hydrogen-bond acceptors (Lipinski definition) is 3. The Hall–Kier alpha value is -1.13. The fourth-order valence-corrected chi connectivity index (χ4v) is 3.12. The highest BCUT2D eigenvalue weighted by molar-refractivity contribution is 5.56. The molecule has 3 nitrogen and oxygen atoms in total. The van der Waals surface area contributed by atoms with E-state index in [4.69, 9.17) is 0 Å². The summed E-state index contributed by atoms with van der Waals surface area (Å²) >= 11 is 0. The molecule has 0 amide bonds. The molecule has 118 valence electrons. The van der Waals surface area contributed by atoms with Crippen molar-refractivity contribution in [2.45, 2.75) is 51.7 Å². The van der Waals surface area contributed by atoms with E-state index in [0.717, 1.165) is 38.0 Å². The van der Waals surface area contributed by atoms with E-state index in [0.29, 0.717) is 12.1 Å². The fraction of sp³-hybridized carbons (Fsp3) is 0.647. The molecule has 1 aliphatic rings. The zero-order valence-corrected chi connectivity index (χ0v) is 13.3. The van der Waals surface area contributed by atoms with Gasteiger partial charge >= 0.3 is 0 Å².